The lowest BCUT2D eigenvalue weighted by atomic mass is 10.1. The average molecular weight is 489 g/mol. The maximum atomic E-state index is 13.7. The van der Waals surface area contributed by atoms with E-state index in [0.717, 1.165) is 0 Å². The second-order valence-electron chi connectivity index (χ2n) is 7.14. The zero-order valence-electron chi connectivity index (χ0n) is 18.0. The van der Waals surface area contributed by atoms with Crippen molar-refractivity contribution in [3.8, 4) is 5.75 Å². The Morgan fingerprint density at radius 2 is 1.46 bits per heavy atom. The van der Waals surface area contributed by atoms with Gasteiger partial charge in [-0.25, -0.2) is 4.39 Å². The average Bonchev–Trinajstić information content (AvgIpc) is 2.83. The van der Waals surface area contributed by atoms with Gasteiger partial charge in [-0.15, -0.1) is 0 Å². The number of nitrogens with one attached hydrogen (secondary N) is 3. The number of carbonyl (C=O) groups is 3. The summed E-state index contributed by atoms with van der Waals surface area (Å²) in [5.74, 6) is -2.65. The normalized spacial score (nSPS) is 10.9. The van der Waals surface area contributed by atoms with Gasteiger partial charge in [0.25, 0.3) is 17.7 Å². The molecule has 0 fully saturated rings. The molecule has 0 bridgehead atoms. The Labute approximate surface area is 197 Å². The van der Waals surface area contributed by atoms with Crippen LogP contribution in [0.3, 0.4) is 0 Å². The molecule has 3 rings (SSSR count). The summed E-state index contributed by atoms with van der Waals surface area (Å²) in [6, 6.07) is 16.9. The summed E-state index contributed by atoms with van der Waals surface area (Å²) in [4.78, 5) is 36.6. The van der Waals surface area contributed by atoms with Gasteiger partial charge in [-0.2, -0.15) is 13.2 Å². The molecule has 11 heteroatoms. The van der Waals surface area contributed by atoms with Crippen molar-refractivity contribution in [2.75, 3.05) is 23.8 Å². The first-order chi connectivity index (χ1) is 16.6. The number of para-hydroxylation sites is 2. The highest BCUT2D eigenvalue weighted by atomic mass is 19.4. The number of rotatable bonds is 8. The standard InChI is InChI=1S/C24H19F4N3O4/c25-18-6-2-3-7-19(18)31-21(32)13-35-20-8-4-1-5-17(20)23(34)30-16-11-9-15(10-12-16)22(33)29-14-24(26,27)28/h1-12H,13-14H2,(H,29,33)(H,30,34)(H,31,32). The molecule has 7 nitrogen and oxygen atoms in total. The number of halogens is 4. The van der Waals surface area contributed by atoms with Gasteiger partial charge in [0, 0.05) is 11.3 Å². The van der Waals surface area contributed by atoms with Gasteiger partial charge in [0.2, 0.25) is 0 Å². The molecule has 0 saturated carbocycles. The molecule has 0 heterocycles. The molecule has 3 amide bonds. The molecule has 35 heavy (non-hydrogen) atoms. The lowest BCUT2D eigenvalue weighted by Gasteiger charge is -2.12. The molecule has 3 aromatic carbocycles. The van der Waals surface area contributed by atoms with E-state index in [1.54, 1.807) is 23.5 Å². The number of anilines is 2. The van der Waals surface area contributed by atoms with Crippen molar-refractivity contribution in [3.63, 3.8) is 0 Å². The van der Waals surface area contributed by atoms with Crippen molar-refractivity contribution in [2.45, 2.75) is 6.18 Å². The van der Waals surface area contributed by atoms with Crippen LogP contribution in [0.1, 0.15) is 20.7 Å². The van der Waals surface area contributed by atoms with Crippen LogP contribution in [0.5, 0.6) is 5.75 Å². The van der Waals surface area contributed by atoms with Crippen LogP contribution >= 0.6 is 0 Å². The van der Waals surface area contributed by atoms with Crippen molar-refractivity contribution < 1.29 is 36.7 Å². The smallest absolute Gasteiger partial charge is 0.405 e. The Bertz CT molecular complexity index is 1210. The predicted molar refractivity (Wildman–Crippen MR) is 120 cm³/mol. The molecule has 0 radical (unpaired) electrons. The van der Waals surface area contributed by atoms with Gasteiger partial charge in [0.05, 0.1) is 11.3 Å². The lowest BCUT2D eigenvalue weighted by Crippen LogP contribution is -2.33. The third-order valence-corrected chi connectivity index (χ3v) is 4.49. The van der Waals surface area contributed by atoms with Crippen LogP contribution in [0.4, 0.5) is 28.9 Å². The number of benzene rings is 3. The number of amides is 3. The molecule has 0 aliphatic carbocycles. The molecule has 0 atom stereocenters. The highest BCUT2D eigenvalue weighted by Gasteiger charge is 2.27. The predicted octanol–water partition coefficient (Wildman–Crippen LogP) is 4.39. The van der Waals surface area contributed by atoms with Crippen LogP contribution in [0.2, 0.25) is 0 Å². The second kappa shape index (κ2) is 11.1. The van der Waals surface area contributed by atoms with Gasteiger partial charge in [-0.05, 0) is 48.5 Å². The molecule has 3 N–H and O–H groups in total. The van der Waals surface area contributed by atoms with Gasteiger partial charge in [0.15, 0.2) is 6.61 Å². The molecule has 0 aliphatic rings. The zero-order chi connectivity index (χ0) is 25.4. The molecule has 182 valence electrons. The summed E-state index contributed by atoms with van der Waals surface area (Å²) in [6.45, 7) is -1.94. The molecule has 0 aliphatic heterocycles. The van der Waals surface area contributed by atoms with Gasteiger partial charge in [0.1, 0.15) is 18.1 Å². The largest absolute Gasteiger partial charge is 0.483 e. The fourth-order valence-electron chi connectivity index (χ4n) is 2.86. The third-order valence-electron chi connectivity index (χ3n) is 4.49. The van der Waals surface area contributed by atoms with Crippen LogP contribution in [0.25, 0.3) is 0 Å². The summed E-state index contributed by atoms with van der Waals surface area (Å²) >= 11 is 0. The topological polar surface area (TPSA) is 96.5 Å². The summed E-state index contributed by atoms with van der Waals surface area (Å²) in [5.41, 5.74) is 0.340. The van der Waals surface area contributed by atoms with E-state index in [4.69, 9.17) is 4.74 Å². The highest BCUT2D eigenvalue weighted by Crippen LogP contribution is 2.21. The van der Waals surface area contributed by atoms with Crippen LogP contribution in [-0.2, 0) is 4.79 Å². The van der Waals surface area contributed by atoms with Crippen molar-refractivity contribution >= 4 is 29.1 Å². The lowest BCUT2D eigenvalue weighted by molar-refractivity contribution is -0.123. The number of alkyl halides is 3. The van der Waals surface area contributed by atoms with Gasteiger partial charge < -0.3 is 20.7 Å². The van der Waals surface area contributed by atoms with E-state index in [1.807, 2.05) is 0 Å². The quantitative estimate of drug-likeness (QED) is 0.409. The molecule has 0 aromatic heterocycles. The fraction of sp³-hybridized carbons (Fsp3) is 0.125. The minimum atomic E-state index is -4.53. The van der Waals surface area contributed by atoms with Crippen molar-refractivity contribution in [1.82, 2.24) is 5.32 Å². The van der Waals surface area contributed by atoms with Crippen molar-refractivity contribution in [1.29, 1.82) is 0 Å². The van der Waals surface area contributed by atoms with E-state index in [2.05, 4.69) is 10.6 Å². The minimum absolute atomic E-state index is 0.0114. The molecular weight excluding hydrogens is 470 g/mol. The molecule has 0 spiro atoms. The maximum Gasteiger partial charge on any atom is 0.405 e. The van der Waals surface area contributed by atoms with E-state index in [-0.39, 0.29) is 28.3 Å². The number of hydrogen-bond donors (Lipinski definition) is 3. The summed E-state index contributed by atoms with van der Waals surface area (Å²) in [7, 11) is 0. The Kier molecular flexibility index (Phi) is 8.03. The third kappa shape index (κ3) is 7.56. The summed E-state index contributed by atoms with van der Waals surface area (Å²) in [6.07, 6.45) is -4.53. The van der Waals surface area contributed by atoms with E-state index in [1.165, 1.54) is 54.6 Å². The Morgan fingerprint density at radius 3 is 2.14 bits per heavy atom. The highest BCUT2D eigenvalue weighted by molar-refractivity contribution is 6.06. The van der Waals surface area contributed by atoms with Crippen LogP contribution in [0.15, 0.2) is 72.8 Å². The van der Waals surface area contributed by atoms with E-state index < -0.39 is 42.9 Å². The van der Waals surface area contributed by atoms with Crippen molar-refractivity contribution in [2.24, 2.45) is 0 Å². The second-order valence-corrected chi connectivity index (χ2v) is 7.14. The first kappa shape index (κ1) is 25.2. The number of hydrogen-bond acceptors (Lipinski definition) is 4. The summed E-state index contributed by atoms with van der Waals surface area (Å²) in [5, 5.41) is 6.69. The monoisotopic (exact) mass is 489 g/mol. The molecular formula is C24H19F4N3O4. The van der Waals surface area contributed by atoms with Crippen LogP contribution in [0, 0.1) is 5.82 Å². The Balaban J connectivity index is 1.60. The minimum Gasteiger partial charge on any atom is -0.483 e. The van der Waals surface area contributed by atoms with Gasteiger partial charge in [-0.1, -0.05) is 24.3 Å². The SMILES string of the molecule is O=C(COc1ccccc1C(=O)Nc1ccc(C(=O)NCC(F)(F)F)cc1)Nc1ccccc1F. The molecule has 0 unspecified atom stereocenters. The summed E-state index contributed by atoms with van der Waals surface area (Å²) < 4.78 is 55.8. The van der Waals surface area contributed by atoms with Crippen LogP contribution in [-0.4, -0.2) is 37.0 Å². The number of carbonyl (C=O) groups excluding carboxylic acids is 3. The first-order valence-corrected chi connectivity index (χ1v) is 10.1. The van der Waals surface area contributed by atoms with E-state index in [9.17, 15) is 31.9 Å². The molecule has 0 saturated heterocycles. The fourth-order valence-corrected chi connectivity index (χ4v) is 2.86. The maximum absolute atomic E-state index is 13.7. The Hall–Kier alpha value is -4.41. The van der Waals surface area contributed by atoms with E-state index >= 15 is 0 Å². The van der Waals surface area contributed by atoms with Gasteiger partial charge >= 0.3 is 6.18 Å². The first-order valence-electron chi connectivity index (χ1n) is 10.1. The molecule has 3 aromatic rings. The van der Waals surface area contributed by atoms with Crippen molar-refractivity contribution in [3.05, 3.63) is 89.7 Å². The number of ether oxygens (including phenoxy) is 1. The van der Waals surface area contributed by atoms with Crippen LogP contribution < -0.4 is 20.7 Å². The zero-order valence-corrected chi connectivity index (χ0v) is 18.0. The Morgan fingerprint density at radius 1 is 0.800 bits per heavy atom. The van der Waals surface area contributed by atoms with E-state index in [0.29, 0.717) is 0 Å². The van der Waals surface area contributed by atoms with Gasteiger partial charge in [-0.3, -0.25) is 14.4 Å².